The Hall–Kier alpha value is -2.61. The van der Waals surface area contributed by atoms with Crippen molar-refractivity contribution in [3.63, 3.8) is 0 Å². The summed E-state index contributed by atoms with van der Waals surface area (Å²) in [6, 6.07) is 9.20. The lowest BCUT2D eigenvalue weighted by molar-refractivity contribution is 0.866. The van der Waals surface area contributed by atoms with Gasteiger partial charge in [-0.1, -0.05) is 12.1 Å². The molecule has 2 aromatic rings. The first-order valence-electron chi connectivity index (χ1n) is 5.51. The lowest BCUT2D eigenvalue weighted by Crippen LogP contribution is -2.17. The van der Waals surface area contributed by atoms with Crippen molar-refractivity contribution >= 4 is 5.82 Å². The molecule has 0 amide bonds. The van der Waals surface area contributed by atoms with E-state index in [0.29, 0.717) is 5.56 Å². The van der Waals surface area contributed by atoms with Crippen LogP contribution in [-0.2, 0) is 0 Å². The summed E-state index contributed by atoms with van der Waals surface area (Å²) in [4.78, 5) is 18.0. The van der Waals surface area contributed by atoms with E-state index in [9.17, 15) is 4.79 Å². The predicted octanol–water partition coefficient (Wildman–Crippen LogP) is 1.81. The summed E-state index contributed by atoms with van der Waals surface area (Å²) >= 11 is 0. The van der Waals surface area contributed by atoms with Crippen LogP contribution in [0.5, 0.6) is 0 Å². The van der Waals surface area contributed by atoms with Gasteiger partial charge in [0.25, 0.3) is 5.56 Å². The highest BCUT2D eigenvalue weighted by atomic mass is 16.1. The topological polar surface area (TPSA) is 81.6 Å². The van der Waals surface area contributed by atoms with Gasteiger partial charge in [-0.3, -0.25) is 4.79 Å². The quantitative estimate of drug-likeness (QED) is 0.857. The first-order chi connectivity index (χ1) is 8.70. The number of hydrogen-bond acceptors (Lipinski definition) is 4. The number of anilines is 1. The molecule has 0 radical (unpaired) electrons. The zero-order valence-corrected chi connectivity index (χ0v) is 9.84. The number of nitriles is 1. The van der Waals surface area contributed by atoms with E-state index in [4.69, 9.17) is 5.26 Å². The first-order valence-corrected chi connectivity index (χ1v) is 5.51. The summed E-state index contributed by atoms with van der Waals surface area (Å²) in [6.45, 7) is 1.93. The third-order valence-corrected chi connectivity index (χ3v) is 2.60. The molecule has 5 heteroatoms. The van der Waals surface area contributed by atoms with Crippen LogP contribution < -0.4 is 10.9 Å². The maximum absolute atomic E-state index is 11.5. The maximum Gasteiger partial charge on any atom is 0.290 e. The molecule has 1 heterocycles. The summed E-state index contributed by atoms with van der Waals surface area (Å²) < 4.78 is 0. The molecule has 0 spiro atoms. The maximum atomic E-state index is 11.5. The van der Waals surface area contributed by atoms with Gasteiger partial charge in [0.05, 0.1) is 17.7 Å². The molecule has 18 heavy (non-hydrogen) atoms. The zero-order chi connectivity index (χ0) is 13.0. The fourth-order valence-corrected chi connectivity index (χ4v) is 1.59. The van der Waals surface area contributed by atoms with Crippen LogP contribution in [0.4, 0.5) is 5.82 Å². The zero-order valence-electron chi connectivity index (χ0n) is 9.84. The fraction of sp³-hybridized carbons (Fsp3) is 0.154. The molecule has 0 saturated heterocycles. The van der Waals surface area contributed by atoms with Gasteiger partial charge in [-0.15, -0.1) is 0 Å². The number of H-pyrrole nitrogens is 1. The Morgan fingerprint density at radius 2 is 2.11 bits per heavy atom. The van der Waals surface area contributed by atoms with E-state index in [1.165, 1.54) is 12.4 Å². The molecule has 2 rings (SSSR count). The third kappa shape index (κ3) is 2.55. The molecule has 0 saturated carbocycles. The van der Waals surface area contributed by atoms with Gasteiger partial charge in [0.15, 0.2) is 5.82 Å². The lowest BCUT2D eigenvalue weighted by Gasteiger charge is -2.13. The van der Waals surface area contributed by atoms with E-state index in [1.807, 2.05) is 19.1 Å². The molecule has 2 N–H and O–H groups in total. The van der Waals surface area contributed by atoms with Crippen molar-refractivity contribution in [3.8, 4) is 6.07 Å². The van der Waals surface area contributed by atoms with Gasteiger partial charge in [0.2, 0.25) is 0 Å². The summed E-state index contributed by atoms with van der Waals surface area (Å²) in [5.74, 6) is 0.286. The molecule has 1 unspecified atom stereocenters. The van der Waals surface area contributed by atoms with E-state index in [2.05, 4.69) is 21.4 Å². The summed E-state index contributed by atoms with van der Waals surface area (Å²) in [7, 11) is 0. The number of nitrogens with one attached hydrogen (secondary N) is 2. The normalized spacial score (nSPS) is 11.6. The largest absolute Gasteiger partial charge is 0.359 e. The molecule has 5 nitrogen and oxygen atoms in total. The van der Waals surface area contributed by atoms with Gasteiger partial charge < -0.3 is 10.3 Å². The van der Waals surface area contributed by atoms with E-state index in [-0.39, 0.29) is 17.4 Å². The Morgan fingerprint density at radius 3 is 2.72 bits per heavy atom. The Balaban J connectivity index is 2.17. The first kappa shape index (κ1) is 11.9. The molecular weight excluding hydrogens is 228 g/mol. The van der Waals surface area contributed by atoms with Gasteiger partial charge in [-0.05, 0) is 24.6 Å². The van der Waals surface area contributed by atoms with E-state index in [0.717, 1.165) is 5.56 Å². The van der Waals surface area contributed by atoms with Crippen LogP contribution in [-0.4, -0.2) is 9.97 Å². The van der Waals surface area contributed by atoms with Crippen LogP contribution in [0, 0.1) is 11.3 Å². The second-order valence-electron chi connectivity index (χ2n) is 3.87. The summed E-state index contributed by atoms with van der Waals surface area (Å²) in [5.41, 5.74) is 1.35. The second kappa shape index (κ2) is 5.15. The monoisotopic (exact) mass is 240 g/mol. The van der Waals surface area contributed by atoms with E-state index in [1.54, 1.807) is 12.1 Å². The molecule has 1 aromatic carbocycles. The van der Waals surface area contributed by atoms with Gasteiger partial charge in [-0.2, -0.15) is 5.26 Å². The van der Waals surface area contributed by atoms with Crippen molar-refractivity contribution in [2.24, 2.45) is 0 Å². The minimum atomic E-state index is -0.252. The average Bonchev–Trinajstić information content (AvgIpc) is 2.41. The Kier molecular flexibility index (Phi) is 3.39. The standard InChI is InChI=1S/C13H12N4O/c1-9(11-4-2-10(8-14)3-5-11)17-12-13(18)16-7-6-15-12/h2-7,9H,1H3,(H,15,17)(H,16,18). The molecule has 1 aromatic heterocycles. The molecule has 0 fully saturated rings. The van der Waals surface area contributed by atoms with Crippen molar-refractivity contribution in [1.29, 1.82) is 5.26 Å². The van der Waals surface area contributed by atoms with E-state index < -0.39 is 0 Å². The SMILES string of the molecule is CC(Nc1ncc[nH]c1=O)c1ccc(C#N)cc1. The van der Waals surface area contributed by atoms with Crippen LogP contribution in [0.3, 0.4) is 0 Å². The van der Waals surface area contributed by atoms with Gasteiger partial charge in [-0.25, -0.2) is 4.98 Å². The van der Waals surface area contributed by atoms with Gasteiger partial charge in [0, 0.05) is 12.4 Å². The third-order valence-electron chi connectivity index (χ3n) is 2.60. The highest BCUT2D eigenvalue weighted by Gasteiger charge is 2.08. The van der Waals surface area contributed by atoms with Gasteiger partial charge in [0.1, 0.15) is 0 Å². The number of benzene rings is 1. The molecule has 1 atom stereocenters. The van der Waals surface area contributed by atoms with Gasteiger partial charge >= 0.3 is 0 Å². The van der Waals surface area contributed by atoms with E-state index >= 15 is 0 Å². The van der Waals surface area contributed by atoms with Crippen LogP contribution >= 0.6 is 0 Å². The summed E-state index contributed by atoms with van der Waals surface area (Å²) in [6.07, 6.45) is 3.01. The van der Waals surface area contributed by atoms with Crippen LogP contribution in [0.25, 0.3) is 0 Å². The molecular formula is C13H12N4O. The van der Waals surface area contributed by atoms with Crippen LogP contribution in [0.1, 0.15) is 24.1 Å². The fourth-order valence-electron chi connectivity index (χ4n) is 1.59. The molecule has 0 bridgehead atoms. The summed E-state index contributed by atoms with van der Waals surface area (Å²) in [5, 5.41) is 11.7. The second-order valence-corrected chi connectivity index (χ2v) is 3.87. The minimum Gasteiger partial charge on any atom is -0.359 e. The molecule has 0 aliphatic rings. The number of nitrogens with zero attached hydrogens (tertiary/aromatic N) is 2. The highest BCUT2D eigenvalue weighted by molar-refractivity contribution is 5.38. The van der Waals surface area contributed by atoms with Crippen LogP contribution in [0.15, 0.2) is 41.5 Å². The molecule has 90 valence electrons. The molecule has 0 aliphatic heterocycles. The number of aromatic amines is 1. The predicted molar refractivity (Wildman–Crippen MR) is 68.1 cm³/mol. The van der Waals surface area contributed by atoms with Crippen molar-refractivity contribution in [2.45, 2.75) is 13.0 Å². The molecule has 0 aliphatic carbocycles. The number of hydrogen-bond donors (Lipinski definition) is 2. The number of rotatable bonds is 3. The Bertz CT molecular complexity index is 624. The van der Waals surface area contributed by atoms with Crippen molar-refractivity contribution in [1.82, 2.24) is 9.97 Å². The average molecular weight is 240 g/mol. The minimum absolute atomic E-state index is 0.0613. The Labute approximate surface area is 104 Å². The van der Waals surface area contributed by atoms with Crippen LogP contribution in [0.2, 0.25) is 0 Å². The highest BCUT2D eigenvalue weighted by Crippen LogP contribution is 2.16. The Morgan fingerprint density at radius 1 is 1.39 bits per heavy atom. The lowest BCUT2D eigenvalue weighted by atomic mass is 10.1. The van der Waals surface area contributed by atoms with Crippen molar-refractivity contribution in [3.05, 3.63) is 58.1 Å². The van der Waals surface area contributed by atoms with Crippen molar-refractivity contribution in [2.75, 3.05) is 5.32 Å². The smallest absolute Gasteiger partial charge is 0.290 e. The van der Waals surface area contributed by atoms with Crippen molar-refractivity contribution < 1.29 is 0 Å². The number of aromatic nitrogens is 2.